The summed E-state index contributed by atoms with van der Waals surface area (Å²) in [7, 11) is 1.78. The van der Waals surface area contributed by atoms with Crippen LogP contribution in [0.15, 0.2) is 0 Å². The molecule has 7 heteroatoms. The Hall–Kier alpha value is -0.620. The van der Waals surface area contributed by atoms with Crippen molar-refractivity contribution in [2.24, 2.45) is 0 Å². The van der Waals surface area contributed by atoms with Crippen LogP contribution in [0.3, 0.4) is 0 Å². The summed E-state index contributed by atoms with van der Waals surface area (Å²) in [6.07, 6.45) is 6.86. The van der Waals surface area contributed by atoms with Crippen molar-refractivity contribution in [1.82, 2.24) is 15.0 Å². The minimum atomic E-state index is -3.56. The van der Waals surface area contributed by atoms with Gasteiger partial charge in [0, 0.05) is 16.6 Å². The van der Waals surface area contributed by atoms with Crippen molar-refractivity contribution in [3.05, 3.63) is 11.4 Å². The smallest absolute Gasteiger partial charge is 0.238 e. The third kappa shape index (κ3) is 2.54. The molecule has 0 atom stereocenters. The molecule has 2 saturated carbocycles. The average molecular weight is 290 g/mol. The van der Waals surface area contributed by atoms with Crippen molar-refractivity contribution in [1.29, 1.82) is 0 Å². The Kier molecular flexibility index (Phi) is 3.10. The summed E-state index contributed by atoms with van der Waals surface area (Å²) in [5.74, 6) is 0.210. The molecule has 1 aromatic heterocycles. The normalized spacial score (nSPS) is 21.6. The largest absolute Gasteiger partial charge is 0.246 e. The van der Waals surface area contributed by atoms with E-state index in [4.69, 9.17) is 10.7 Å². The monoisotopic (exact) mass is 289 g/mol. The molecule has 0 bridgehead atoms. The topological polar surface area (TPSA) is 64.8 Å². The van der Waals surface area contributed by atoms with Gasteiger partial charge in [0.25, 0.3) is 0 Å². The van der Waals surface area contributed by atoms with Gasteiger partial charge < -0.3 is 0 Å². The van der Waals surface area contributed by atoms with Crippen molar-refractivity contribution in [3.8, 4) is 0 Å². The SMILES string of the molecule is O=S(=O)(Cl)Cc1nnn(C2CC2)c1C1CCCC1. The van der Waals surface area contributed by atoms with E-state index in [2.05, 4.69) is 10.3 Å². The molecule has 2 aliphatic carbocycles. The van der Waals surface area contributed by atoms with Gasteiger partial charge >= 0.3 is 0 Å². The first kappa shape index (κ1) is 12.4. The van der Waals surface area contributed by atoms with Crippen LogP contribution in [-0.2, 0) is 14.8 Å². The Labute approximate surface area is 111 Å². The first-order valence-electron chi connectivity index (χ1n) is 6.41. The molecule has 3 rings (SSSR count). The summed E-state index contributed by atoms with van der Waals surface area (Å²) in [5, 5.41) is 8.21. The van der Waals surface area contributed by atoms with Gasteiger partial charge in [0.15, 0.2) is 0 Å². The maximum atomic E-state index is 11.3. The van der Waals surface area contributed by atoms with Gasteiger partial charge in [-0.25, -0.2) is 13.1 Å². The number of rotatable bonds is 4. The summed E-state index contributed by atoms with van der Waals surface area (Å²) in [6, 6.07) is 0.430. The van der Waals surface area contributed by atoms with Crippen molar-refractivity contribution in [2.75, 3.05) is 0 Å². The van der Waals surface area contributed by atoms with Crippen LogP contribution in [0.5, 0.6) is 0 Å². The molecule has 1 heterocycles. The van der Waals surface area contributed by atoms with E-state index in [-0.39, 0.29) is 5.75 Å². The van der Waals surface area contributed by atoms with E-state index in [0.29, 0.717) is 17.7 Å². The molecule has 1 aromatic rings. The van der Waals surface area contributed by atoms with E-state index in [1.807, 2.05) is 4.68 Å². The van der Waals surface area contributed by atoms with Crippen LogP contribution in [0.25, 0.3) is 0 Å². The first-order chi connectivity index (χ1) is 8.54. The fourth-order valence-corrected chi connectivity index (χ4v) is 3.65. The molecule has 0 aromatic carbocycles. The van der Waals surface area contributed by atoms with Gasteiger partial charge in [0.2, 0.25) is 9.05 Å². The van der Waals surface area contributed by atoms with Gasteiger partial charge in [-0.15, -0.1) is 5.10 Å². The van der Waals surface area contributed by atoms with Crippen LogP contribution in [0, 0.1) is 0 Å². The molecule has 0 saturated heterocycles. The van der Waals surface area contributed by atoms with Crippen LogP contribution in [0.2, 0.25) is 0 Å². The Morgan fingerprint density at radius 1 is 1.22 bits per heavy atom. The maximum Gasteiger partial charge on any atom is 0.238 e. The fourth-order valence-electron chi connectivity index (χ4n) is 2.81. The Bertz CT molecular complexity index is 545. The van der Waals surface area contributed by atoms with Gasteiger partial charge in [-0.3, -0.25) is 0 Å². The highest BCUT2D eigenvalue weighted by Gasteiger charge is 2.33. The highest BCUT2D eigenvalue weighted by atomic mass is 35.7. The van der Waals surface area contributed by atoms with E-state index in [9.17, 15) is 8.42 Å². The molecular formula is C11H16ClN3O2S. The van der Waals surface area contributed by atoms with Crippen molar-refractivity contribution in [2.45, 2.75) is 56.2 Å². The number of halogens is 1. The van der Waals surface area contributed by atoms with Crippen LogP contribution in [-0.4, -0.2) is 23.4 Å². The molecule has 18 heavy (non-hydrogen) atoms. The lowest BCUT2D eigenvalue weighted by Crippen LogP contribution is -2.09. The molecule has 0 aliphatic heterocycles. The molecule has 2 aliphatic rings. The van der Waals surface area contributed by atoms with Gasteiger partial charge in [-0.05, 0) is 25.7 Å². The second-order valence-electron chi connectivity index (χ2n) is 5.26. The first-order valence-corrected chi connectivity index (χ1v) is 8.89. The highest BCUT2D eigenvalue weighted by molar-refractivity contribution is 8.13. The third-order valence-electron chi connectivity index (χ3n) is 3.75. The Morgan fingerprint density at radius 3 is 2.44 bits per heavy atom. The zero-order chi connectivity index (χ0) is 12.8. The molecule has 0 unspecified atom stereocenters. The Balaban J connectivity index is 1.97. The van der Waals surface area contributed by atoms with E-state index in [1.165, 1.54) is 12.8 Å². The van der Waals surface area contributed by atoms with Gasteiger partial charge in [-0.1, -0.05) is 18.1 Å². The van der Waals surface area contributed by atoms with E-state index in [0.717, 1.165) is 31.4 Å². The summed E-state index contributed by atoms with van der Waals surface area (Å²) >= 11 is 0. The number of hydrogen-bond acceptors (Lipinski definition) is 4. The molecular weight excluding hydrogens is 274 g/mol. The van der Waals surface area contributed by atoms with E-state index in [1.54, 1.807) is 0 Å². The van der Waals surface area contributed by atoms with Gasteiger partial charge in [0.1, 0.15) is 11.4 Å². The van der Waals surface area contributed by atoms with Crippen molar-refractivity contribution < 1.29 is 8.42 Å². The fraction of sp³-hybridized carbons (Fsp3) is 0.818. The lowest BCUT2D eigenvalue weighted by molar-refractivity contribution is 0.543. The molecule has 100 valence electrons. The molecule has 0 amide bonds. The van der Waals surface area contributed by atoms with Crippen molar-refractivity contribution in [3.63, 3.8) is 0 Å². The molecule has 0 spiro atoms. The minimum Gasteiger partial charge on any atom is -0.246 e. The van der Waals surface area contributed by atoms with E-state index < -0.39 is 9.05 Å². The average Bonchev–Trinajstić information content (AvgIpc) is 2.83. The summed E-state index contributed by atoms with van der Waals surface area (Å²) in [5.41, 5.74) is 1.59. The zero-order valence-electron chi connectivity index (χ0n) is 10.0. The van der Waals surface area contributed by atoms with Crippen LogP contribution >= 0.6 is 10.7 Å². The lowest BCUT2D eigenvalue weighted by atomic mass is 10.0. The lowest BCUT2D eigenvalue weighted by Gasteiger charge is -2.12. The second-order valence-corrected chi connectivity index (χ2v) is 8.04. The number of hydrogen-bond donors (Lipinski definition) is 0. The summed E-state index contributed by atoms with van der Waals surface area (Å²) < 4.78 is 24.5. The summed E-state index contributed by atoms with van der Waals surface area (Å²) in [4.78, 5) is 0. The predicted octanol–water partition coefficient (Wildman–Crippen LogP) is 2.34. The summed E-state index contributed by atoms with van der Waals surface area (Å²) in [6.45, 7) is 0. The third-order valence-corrected chi connectivity index (χ3v) is 4.69. The van der Waals surface area contributed by atoms with Crippen LogP contribution in [0.1, 0.15) is 61.9 Å². The number of aromatic nitrogens is 3. The van der Waals surface area contributed by atoms with Crippen LogP contribution in [0.4, 0.5) is 0 Å². The molecule has 0 N–H and O–H groups in total. The van der Waals surface area contributed by atoms with E-state index >= 15 is 0 Å². The minimum absolute atomic E-state index is 0.201. The zero-order valence-corrected chi connectivity index (χ0v) is 11.6. The predicted molar refractivity (Wildman–Crippen MR) is 68.0 cm³/mol. The van der Waals surface area contributed by atoms with Gasteiger partial charge in [0.05, 0.1) is 11.7 Å². The van der Waals surface area contributed by atoms with Crippen LogP contribution < -0.4 is 0 Å². The standard InChI is InChI=1S/C11H16ClN3O2S/c12-18(16,17)7-10-11(8-3-1-2-4-8)15(14-13-10)9-5-6-9/h8-9H,1-7H2. The maximum absolute atomic E-state index is 11.3. The number of nitrogens with zero attached hydrogens (tertiary/aromatic N) is 3. The second kappa shape index (κ2) is 4.49. The Morgan fingerprint density at radius 2 is 1.89 bits per heavy atom. The highest BCUT2D eigenvalue weighted by Crippen LogP contribution is 2.42. The molecule has 2 fully saturated rings. The molecule has 0 radical (unpaired) electrons. The molecule has 5 nitrogen and oxygen atoms in total. The van der Waals surface area contributed by atoms with Gasteiger partial charge in [-0.2, -0.15) is 0 Å². The quantitative estimate of drug-likeness (QED) is 0.798. The van der Waals surface area contributed by atoms with Crippen molar-refractivity contribution >= 4 is 19.7 Å².